The number of ether oxygens (including phenoxy) is 1. The van der Waals surface area contributed by atoms with Gasteiger partial charge < -0.3 is 4.74 Å². The van der Waals surface area contributed by atoms with Gasteiger partial charge in [0.25, 0.3) is 0 Å². The molecule has 0 N–H and O–H groups in total. The van der Waals surface area contributed by atoms with Gasteiger partial charge in [0.15, 0.2) is 11.6 Å². The van der Waals surface area contributed by atoms with E-state index in [4.69, 9.17) is 4.74 Å². The minimum Gasteiger partial charge on any atom is -0.485 e. The zero-order valence-electron chi connectivity index (χ0n) is 12.5. The van der Waals surface area contributed by atoms with Gasteiger partial charge in [0.05, 0.1) is 0 Å². The molecule has 0 saturated heterocycles. The molecule has 0 amide bonds. The number of hydrogen-bond acceptors (Lipinski definition) is 1. The van der Waals surface area contributed by atoms with Gasteiger partial charge in [-0.15, -0.1) is 0 Å². The summed E-state index contributed by atoms with van der Waals surface area (Å²) in [5.41, 5.74) is 1.06. The topological polar surface area (TPSA) is 9.23 Å². The van der Waals surface area contributed by atoms with Crippen molar-refractivity contribution in [1.82, 2.24) is 0 Å². The molecule has 3 aromatic rings. The standard InChI is InChI=1S/C19H12BrF3O/c20-14-7-10-5-6-18(13-8-16(22)17(23)9-15(13)21)24-19(10)12-4-2-1-3-11(12)14/h1-4,7-9,18H,5-6H2. The Balaban J connectivity index is 1.82. The average molecular weight is 393 g/mol. The SMILES string of the molecule is Fc1cc(F)c(C2CCc3cc(Br)c4ccccc4c3O2)cc1F. The lowest BCUT2D eigenvalue weighted by atomic mass is 9.94. The quantitative estimate of drug-likeness (QED) is 0.455. The molecular formula is C19H12BrF3O. The second kappa shape index (κ2) is 5.81. The number of halogens is 4. The molecule has 4 rings (SSSR count). The smallest absolute Gasteiger partial charge is 0.161 e. The zero-order valence-corrected chi connectivity index (χ0v) is 14.0. The molecule has 0 saturated carbocycles. The molecule has 0 fully saturated rings. The van der Waals surface area contributed by atoms with Crippen molar-refractivity contribution >= 4 is 26.7 Å². The summed E-state index contributed by atoms with van der Waals surface area (Å²) >= 11 is 3.56. The van der Waals surface area contributed by atoms with E-state index < -0.39 is 23.6 Å². The van der Waals surface area contributed by atoms with Gasteiger partial charge >= 0.3 is 0 Å². The van der Waals surface area contributed by atoms with Crippen LogP contribution in [-0.4, -0.2) is 0 Å². The normalized spacial score (nSPS) is 16.8. The number of hydrogen-bond donors (Lipinski definition) is 0. The Morgan fingerprint density at radius 3 is 2.42 bits per heavy atom. The molecule has 1 aliphatic heterocycles. The lowest BCUT2D eigenvalue weighted by molar-refractivity contribution is 0.174. The number of benzene rings is 3. The fraction of sp³-hybridized carbons (Fsp3) is 0.158. The van der Waals surface area contributed by atoms with E-state index in [0.29, 0.717) is 24.7 Å². The third-order valence-corrected chi connectivity index (χ3v) is 5.00. The van der Waals surface area contributed by atoms with E-state index in [2.05, 4.69) is 15.9 Å². The number of aryl methyl sites for hydroxylation is 1. The number of rotatable bonds is 1. The van der Waals surface area contributed by atoms with E-state index in [1.165, 1.54) is 0 Å². The summed E-state index contributed by atoms with van der Waals surface area (Å²) in [5, 5.41) is 1.90. The molecule has 1 aliphatic rings. The van der Waals surface area contributed by atoms with Gasteiger partial charge in [-0.1, -0.05) is 40.2 Å². The fourth-order valence-electron chi connectivity index (χ4n) is 3.17. The third-order valence-electron chi connectivity index (χ3n) is 4.34. The Morgan fingerprint density at radius 1 is 0.917 bits per heavy atom. The molecule has 3 aromatic carbocycles. The van der Waals surface area contributed by atoms with Crippen molar-refractivity contribution < 1.29 is 17.9 Å². The van der Waals surface area contributed by atoms with E-state index in [-0.39, 0.29) is 5.56 Å². The van der Waals surface area contributed by atoms with Gasteiger partial charge in [-0.25, -0.2) is 13.2 Å². The van der Waals surface area contributed by atoms with Crippen LogP contribution < -0.4 is 4.74 Å². The first kappa shape index (κ1) is 15.5. The van der Waals surface area contributed by atoms with Crippen molar-refractivity contribution in [2.45, 2.75) is 18.9 Å². The second-order valence-corrected chi connectivity index (χ2v) is 6.68. The van der Waals surface area contributed by atoms with Gasteiger partial charge in [-0.2, -0.15) is 0 Å². The summed E-state index contributed by atoms with van der Waals surface area (Å²) in [4.78, 5) is 0. The maximum Gasteiger partial charge on any atom is 0.161 e. The highest BCUT2D eigenvalue weighted by Gasteiger charge is 2.27. The van der Waals surface area contributed by atoms with Crippen LogP contribution in [0.4, 0.5) is 13.2 Å². The van der Waals surface area contributed by atoms with Crippen molar-refractivity contribution in [1.29, 1.82) is 0 Å². The predicted molar refractivity (Wildman–Crippen MR) is 89.7 cm³/mol. The van der Waals surface area contributed by atoms with E-state index in [1.54, 1.807) is 0 Å². The molecule has 0 aromatic heterocycles. The molecule has 1 atom stereocenters. The molecule has 0 aliphatic carbocycles. The second-order valence-electron chi connectivity index (χ2n) is 5.83. The maximum atomic E-state index is 14.1. The Kier molecular flexibility index (Phi) is 3.76. The van der Waals surface area contributed by atoms with Gasteiger partial charge in [-0.3, -0.25) is 0 Å². The maximum absolute atomic E-state index is 14.1. The predicted octanol–water partition coefficient (Wildman–Crippen LogP) is 6.09. The van der Waals surface area contributed by atoms with Crippen molar-refractivity contribution in [2.75, 3.05) is 0 Å². The highest BCUT2D eigenvalue weighted by Crippen LogP contribution is 2.43. The Hall–Kier alpha value is -2.01. The van der Waals surface area contributed by atoms with E-state index in [9.17, 15) is 13.2 Å². The lowest BCUT2D eigenvalue weighted by Gasteiger charge is -2.28. The fourth-order valence-corrected chi connectivity index (χ4v) is 3.80. The largest absolute Gasteiger partial charge is 0.485 e. The Morgan fingerprint density at radius 2 is 1.62 bits per heavy atom. The molecule has 5 heteroatoms. The minimum atomic E-state index is -1.19. The van der Waals surface area contributed by atoms with Gasteiger partial charge in [0, 0.05) is 21.5 Å². The molecule has 24 heavy (non-hydrogen) atoms. The van der Waals surface area contributed by atoms with E-state index >= 15 is 0 Å². The molecule has 1 unspecified atom stereocenters. The van der Waals surface area contributed by atoms with Crippen molar-refractivity contribution in [3.63, 3.8) is 0 Å². The van der Waals surface area contributed by atoms with Gasteiger partial charge in [0.2, 0.25) is 0 Å². The van der Waals surface area contributed by atoms with Crippen LogP contribution in [-0.2, 0) is 6.42 Å². The molecule has 0 spiro atoms. The van der Waals surface area contributed by atoms with Crippen molar-refractivity contribution in [2.24, 2.45) is 0 Å². The summed E-state index contributed by atoms with van der Waals surface area (Å²) in [6.07, 6.45) is 0.527. The number of fused-ring (bicyclic) bond motifs is 3. The molecule has 1 nitrogen and oxygen atoms in total. The molecular weight excluding hydrogens is 381 g/mol. The van der Waals surface area contributed by atoms with E-state index in [1.807, 2.05) is 30.3 Å². The molecule has 0 bridgehead atoms. The Labute approximate surface area is 145 Å². The first-order chi connectivity index (χ1) is 11.5. The molecule has 122 valence electrons. The van der Waals surface area contributed by atoms with Gasteiger partial charge in [0.1, 0.15) is 17.7 Å². The van der Waals surface area contributed by atoms with Crippen LogP contribution in [0.15, 0.2) is 46.9 Å². The van der Waals surface area contributed by atoms with Crippen molar-refractivity contribution in [3.8, 4) is 5.75 Å². The van der Waals surface area contributed by atoms with Crippen LogP contribution in [0, 0.1) is 17.5 Å². The van der Waals surface area contributed by atoms with Gasteiger partial charge in [-0.05, 0) is 35.9 Å². The summed E-state index contributed by atoms with van der Waals surface area (Å²) < 4.78 is 47.7. The highest BCUT2D eigenvalue weighted by molar-refractivity contribution is 9.10. The Bertz CT molecular complexity index is 955. The molecule has 0 radical (unpaired) electrons. The minimum absolute atomic E-state index is 0.0477. The molecule has 1 heterocycles. The summed E-state index contributed by atoms with van der Waals surface area (Å²) in [6, 6.07) is 11.2. The average Bonchev–Trinajstić information content (AvgIpc) is 2.58. The monoisotopic (exact) mass is 392 g/mol. The van der Waals surface area contributed by atoms with Crippen LogP contribution >= 0.6 is 15.9 Å². The van der Waals surface area contributed by atoms with Crippen LogP contribution in [0.1, 0.15) is 23.7 Å². The van der Waals surface area contributed by atoms with Crippen LogP contribution in [0.3, 0.4) is 0 Å². The summed E-state index contributed by atoms with van der Waals surface area (Å²) in [7, 11) is 0. The zero-order chi connectivity index (χ0) is 16.8. The lowest BCUT2D eigenvalue weighted by Crippen LogP contribution is -2.17. The van der Waals surface area contributed by atoms with E-state index in [0.717, 1.165) is 26.9 Å². The van der Waals surface area contributed by atoms with Crippen LogP contribution in [0.5, 0.6) is 5.75 Å². The summed E-state index contributed by atoms with van der Waals surface area (Å²) in [6.45, 7) is 0. The van der Waals surface area contributed by atoms with Crippen LogP contribution in [0.25, 0.3) is 10.8 Å². The first-order valence-corrected chi connectivity index (χ1v) is 8.35. The van der Waals surface area contributed by atoms with Crippen LogP contribution in [0.2, 0.25) is 0 Å². The van der Waals surface area contributed by atoms with Crippen molar-refractivity contribution in [3.05, 3.63) is 75.5 Å². The summed E-state index contributed by atoms with van der Waals surface area (Å²) in [5.74, 6) is -2.37. The first-order valence-electron chi connectivity index (χ1n) is 7.56. The third kappa shape index (κ3) is 2.47. The highest BCUT2D eigenvalue weighted by atomic mass is 79.9.